The van der Waals surface area contributed by atoms with Crippen LogP contribution in [0.1, 0.15) is 29.2 Å². The lowest BCUT2D eigenvalue weighted by Gasteiger charge is -2.11. The van der Waals surface area contributed by atoms with Crippen molar-refractivity contribution in [3.05, 3.63) is 34.4 Å². The summed E-state index contributed by atoms with van der Waals surface area (Å²) in [5.41, 5.74) is 5.65. The van der Waals surface area contributed by atoms with Gasteiger partial charge in [0.1, 0.15) is 0 Å². The number of nitrogens with one attached hydrogen (secondary N) is 2. The van der Waals surface area contributed by atoms with Crippen LogP contribution in [-0.4, -0.2) is 11.4 Å². The van der Waals surface area contributed by atoms with E-state index in [1.165, 1.54) is 22.3 Å². The van der Waals surface area contributed by atoms with Gasteiger partial charge >= 0.3 is 0 Å². The second-order valence-corrected chi connectivity index (χ2v) is 4.16. The van der Waals surface area contributed by atoms with E-state index in [-0.39, 0.29) is 0 Å². The molecule has 2 N–H and O–H groups in total. The van der Waals surface area contributed by atoms with E-state index < -0.39 is 0 Å². The van der Waals surface area contributed by atoms with Gasteiger partial charge in [0.15, 0.2) is 0 Å². The number of rotatable bonds is 3. The number of aryl methyl sites for hydroxylation is 3. The smallest absolute Gasteiger partial charge is 0.0562 e. The number of hydrogen-bond donors (Lipinski definition) is 2. The molecule has 0 fully saturated rings. The predicted octanol–water partition coefficient (Wildman–Crippen LogP) is 3.21. The third-order valence-corrected chi connectivity index (χ3v) is 2.65. The molecule has 0 amide bonds. The number of hydrogen-bond acceptors (Lipinski definition) is 2. The van der Waals surface area contributed by atoms with Gasteiger partial charge in [-0.1, -0.05) is 17.7 Å². The molecule has 0 atom stereocenters. The lowest BCUT2D eigenvalue weighted by Crippen LogP contribution is -2.12. The average Bonchev–Trinajstić information content (AvgIpc) is 2.10. The summed E-state index contributed by atoms with van der Waals surface area (Å²) in [5.74, 6) is 0. The fourth-order valence-electron chi connectivity index (χ4n) is 1.80. The molecule has 0 aromatic heterocycles. The fraction of sp³-hybridized carbons (Fsp3) is 0.385. The van der Waals surface area contributed by atoms with Crippen LogP contribution in [0.4, 0.5) is 0 Å². The van der Waals surface area contributed by atoms with Crippen LogP contribution in [-0.2, 0) is 6.42 Å². The maximum absolute atomic E-state index is 7.70. The Morgan fingerprint density at radius 1 is 1.07 bits per heavy atom. The molecule has 0 saturated heterocycles. The van der Waals surface area contributed by atoms with Crippen LogP contribution in [0, 0.1) is 31.6 Å². The Balaban J connectivity index is 3.05. The molecule has 0 aliphatic carbocycles. The molecule has 1 aromatic rings. The van der Waals surface area contributed by atoms with Gasteiger partial charge < -0.3 is 10.8 Å². The summed E-state index contributed by atoms with van der Waals surface area (Å²) in [4.78, 5) is 0. The van der Waals surface area contributed by atoms with E-state index in [1.54, 1.807) is 6.92 Å². The van der Waals surface area contributed by atoms with E-state index in [2.05, 4.69) is 32.9 Å². The van der Waals surface area contributed by atoms with Gasteiger partial charge in [0, 0.05) is 12.1 Å². The zero-order valence-corrected chi connectivity index (χ0v) is 9.86. The van der Waals surface area contributed by atoms with Crippen molar-refractivity contribution in [2.24, 2.45) is 0 Å². The monoisotopic (exact) mass is 202 g/mol. The van der Waals surface area contributed by atoms with E-state index >= 15 is 0 Å². The third kappa shape index (κ3) is 2.75. The van der Waals surface area contributed by atoms with Crippen molar-refractivity contribution in [2.75, 3.05) is 0 Å². The molecule has 1 aromatic carbocycles. The van der Waals surface area contributed by atoms with E-state index in [4.69, 9.17) is 10.8 Å². The molecule has 15 heavy (non-hydrogen) atoms. The SMILES string of the molecule is CC(=N)C(=N)Cc1c(C)cc(C)cc1C. The minimum absolute atomic E-state index is 0.356. The summed E-state index contributed by atoms with van der Waals surface area (Å²) >= 11 is 0. The van der Waals surface area contributed by atoms with Crippen molar-refractivity contribution in [2.45, 2.75) is 34.1 Å². The Hall–Kier alpha value is -1.44. The molecule has 0 bridgehead atoms. The standard InChI is InChI=1S/C13H18N2/c1-8-5-9(2)12(10(3)6-8)7-13(15)11(4)14/h5-6,14-15H,7H2,1-4H3. The summed E-state index contributed by atoms with van der Waals surface area (Å²) in [7, 11) is 0. The first-order chi connectivity index (χ1) is 6.91. The molecule has 0 heterocycles. The Morgan fingerprint density at radius 2 is 1.53 bits per heavy atom. The predicted molar refractivity (Wildman–Crippen MR) is 65.5 cm³/mol. The van der Waals surface area contributed by atoms with Crippen LogP contribution in [0.15, 0.2) is 12.1 Å². The van der Waals surface area contributed by atoms with Crippen LogP contribution >= 0.6 is 0 Å². The zero-order chi connectivity index (χ0) is 11.6. The highest BCUT2D eigenvalue weighted by Gasteiger charge is 2.07. The van der Waals surface area contributed by atoms with Gasteiger partial charge in [-0.2, -0.15) is 0 Å². The Bertz CT molecular complexity index is 394. The summed E-state index contributed by atoms with van der Waals surface area (Å²) in [6.45, 7) is 7.89. The molecule has 0 aliphatic heterocycles. The maximum Gasteiger partial charge on any atom is 0.0562 e. The molecule has 0 radical (unpaired) electrons. The van der Waals surface area contributed by atoms with Gasteiger partial charge in [-0.05, 0) is 44.4 Å². The van der Waals surface area contributed by atoms with E-state index in [0.717, 1.165) is 0 Å². The minimum atomic E-state index is 0.356. The second kappa shape index (κ2) is 4.39. The van der Waals surface area contributed by atoms with Crippen molar-refractivity contribution in [1.29, 1.82) is 10.8 Å². The molecule has 0 aliphatic rings. The summed E-state index contributed by atoms with van der Waals surface area (Å²) in [6, 6.07) is 4.27. The first-order valence-corrected chi connectivity index (χ1v) is 5.11. The third-order valence-electron chi connectivity index (χ3n) is 2.65. The normalized spacial score (nSPS) is 10.1. The highest BCUT2D eigenvalue weighted by atomic mass is 14.5. The molecule has 0 spiro atoms. The highest BCUT2D eigenvalue weighted by molar-refractivity contribution is 6.39. The largest absolute Gasteiger partial charge is 0.304 e. The topological polar surface area (TPSA) is 47.7 Å². The van der Waals surface area contributed by atoms with Crippen LogP contribution in [0.2, 0.25) is 0 Å². The maximum atomic E-state index is 7.70. The van der Waals surface area contributed by atoms with Gasteiger partial charge in [0.2, 0.25) is 0 Å². The van der Waals surface area contributed by atoms with Gasteiger partial charge in [0.25, 0.3) is 0 Å². The molecule has 0 unspecified atom stereocenters. The van der Waals surface area contributed by atoms with Crippen LogP contribution < -0.4 is 0 Å². The molecule has 2 nitrogen and oxygen atoms in total. The van der Waals surface area contributed by atoms with Gasteiger partial charge in [-0.15, -0.1) is 0 Å². The van der Waals surface area contributed by atoms with Crippen LogP contribution in [0.25, 0.3) is 0 Å². The van der Waals surface area contributed by atoms with Crippen LogP contribution in [0.5, 0.6) is 0 Å². The first-order valence-electron chi connectivity index (χ1n) is 5.11. The second-order valence-electron chi connectivity index (χ2n) is 4.16. The minimum Gasteiger partial charge on any atom is -0.304 e. The van der Waals surface area contributed by atoms with E-state index in [0.29, 0.717) is 17.8 Å². The molecular weight excluding hydrogens is 184 g/mol. The van der Waals surface area contributed by atoms with E-state index in [1.807, 2.05) is 0 Å². The Labute approximate surface area is 91.4 Å². The molecule has 0 saturated carbocycles. The number of benzene rings is 1. The molecule has 2 heteroatoms. The Morgan fingerprint density at radius 3 is 1.93 bits per heavy atom. The van der Waals surface area contributed by atoms with Crippen molar-refractivity contribution in [1.82, 2.24) is 0 Å². The van der Waals surface area contributed by atoms with Crippen molar-refractivity contribution >= 4 is 11.4 Å². The van der Waals surface area contributed by atoms with Gasteiger partial charge in [-0.25, -0.2) is 0 Å². The van der Waals surface area contributed by atoms with Crippen molar-refractivity contribution in [3.63, 3.8) is 0 Å². The van der Waals surface area contributed by atoms with Gasteiger partial charge in [-0.3, -0.25) is 0 Å². The zero-order valence-electron chi connectivity index (χ0n) is 9.86. The summed E-state index contributed by atoms with van der Waals surface area (Å²) in [6.07, 6.45) is 0.577. The van der Waals surface area contributed by atoms with Gasteiger partial charge in [0.05, 0.1) is 5.71 Å². The first kappa shape index (κ1) is 11.6. The Kier molecular flexibility index (Phi) is 3.40. The van der Waals surface area contributed by atoms with Crippen molar-refractivity contribution in [3.8, 4) is 0 Å². The molecule has 80 valence electrons. The van der Waals surface area contributed by atoms with Crippen LogP contribution in [0.3, 0.4) is 0 Å². The quantitative estimate of drug-likeness (QED) is 0.707. The lowest BCUT2D eigenvalue weighted by molar-refractivity contribution is 1.17. The van der Waals surface area contributed by atoms with E-state index in [9.17, 15) is 0 Å². The molecule has 1 rings (SSSR count). The molecular formula is C13H18N2. The van der Waals surface area contributed by atoms with Crippen molar-refractivity contribution < 1.29 is 0 Å². The summed E-state index contributed by atoms with van der Waals surface area (Å²) in [5, 5.41) is 15.1. The summed E-state index contributed by atoms with van der Waals surface area (Å²) < 4.78 is 0. The lowest BCUT2D eigenvalue weighted by atomic mass is 9.94. The fourth-order valence-corrected chi connectivity index (χ4v) is 1.80. The average molecular weight is 202 g/mol. The highest BCUT2D eigenvalue weighted by Crippen LogP contribution is 2.17.